The molecule has 0 N–H and O–H groups in total. The zero-order valence-electron chi connectivity index (χ0n) is 12.2. The number of benzene rings is 1. The van der Waals surface area contributed by atoms with Crippen LogP contribution < -0.4 is 4.74 Å². The van der Waals surface area contributed by atoms with Gasteiger partial charge < -0.3 is 4.74 Å². The van der Waals surface area contributed by atoms with Gasteiger partial charge in [-0.3, -0.25) is 0 Å². The summed E-state index contributed by atoms with van der Waals surface area (Å²) in [5.41, 5.74) is 3.21. The third-order valence-electron chi connectivity index (χ3n) is 3.76. The van der Waals surface area contributed by atoms with Crippen molar-refractivity contribution in [2.24, 2.45) is 0 Å². The minimum atomic E-state index is 0.607. The first kappa shape index (κ1) is 14.3. The van der Waals surface area contributed by atoms with Crippen LogP contribution in [0.4, 0.5) is 0 Å². The van der Waals surface area contributed by atoms with E-state index in [0.717, 1.165) is 61.3 Å². The van der Waals surface area contributed by atoms with E-state index in [-0.39, 0.29) is 0 Å². The van der Waals surface area contributed by atoms with E-state index in [1.54, 1.807) is 0 Å². The highest BCUT2D eigenvalue weighted by Gasteiger charge is 2.18. The minimum absolute atomic E-state index is 0.607. The molecule has 0 aliphatic heterocycles. The van der Waals surface area contributed by atoms with E-state index in [9.17, 15) is 0 Å². The smallest absolute Gasteiger partial charge is 0.161 e. The van der Waals surface area contributed by atoms with Crippen molar-refractivity contribution in [2.45, 2.75) is 39.0 Å². The van der Waals surface area contributed by atoms with Crippen LogP contribution in [0.1, 0.15) is 37.4 Å². The topological polar surface area (TPSA) is 35.0 Å². The molecule has 110 valence electrons. The Morgan fingerprint density at radius 3 is 2.71 bits per heavy atom. The Kier molecular flexibility index (Phi) is 4.39. The van der Waals surface area contributed by atoms with Crippen LogP contribution in [0.25, 0.3) is 11.4 Å². The summed E-state index contributed by atoms with van der Waals surface area (Å²) >= 11 is 6.26. The third kappa shape index (κ3) is 3.18. The summed E-state index contributed by atoms with van der Waals surface area (Å²) in [6.45, 7) is 2.92. The van der Waals surface area contributed by atoms with Gasteiger partial charge in [0.25, 0.3) is 0 Å². The van der Waals surface area contributed by atoms with Crippen LogP contribution >= 0.6 is 11.6 Å². The number of fused-ring (bicyclic) bond motifs is 1. The number of hydrogen-bond acceptors (Lipinski definition) is 3. The number of hydrogen-bond donors (Lipinski definition) is 0. The maximum Gasteiger partial charge on any atom is 0.161 e. The molecule has 0 unspecified atom stereocenters. The molecule has 2 aromatic rings. The van der Waals surface area contributed by atoms with E-state index in [0.29, 0.717) is 11.0 Å². The monoisotopic (exact) mass is 302 g/mol. The molecule has 0 saturated heterocycles. The van der Waals surface area contributed by atoms with Crippen molar-refractivity contribution < 1.29 is 4.74 Å². The highest BCUT2D eigenvalue weighted by molar-refractivity contribution is 6.30. The fourth-order valence-corrected chi connectivity index (χ4v) is 2.83. The molecule has 3 rings (SSSR count). The van der Waals surface area contributed by atoms with E-state index >= 15 is 0 Å². The summed E-state index contributed by atoms with van der Waals surface area (Å²) in [5.74, 6) is 1.60. The van der Waals surface area contributed by atoms with E-state index in [1.807, 2.05) is 24.3 Å². The lowest BCUT2D eigenvalue weighted by molar-refractivity contribution is 0.309. The molecule has 21 heavy (non-hydrogen) atoms. The van der Waals surface area contributed by atoms with Crippen LogP contribution in [0.2, 0.25) is 5.15 Å². The van der Waals surface area contributed by atoms with Gasteiger partial charge in [0.1, 0.15) is 10.9 Å². The predicted octanol–water partition coefficient (Wildman–Crippen LogP) is 4.46. The van der Waals surface area contributed by atoms with Gasteiger partial charge in [-0.2, -0.15) is 0 Å². The molecule has 3 nitrogen and oxygen atoms in total. The number of aromatic nitrogens is 2. The van der Waals surface area contributed by atoms with Crippen molar-refractivity contribution in [3.8, 4) is 17.1 Å². The molecular weight excluding hydrogens is 284 g/mol. The second kappa shape index (κ2) is 6.44. The van der Waals surface area contributed by atoms with Gasteiger partial charge in [0.05, 0.1) is 6.61 Å². The fourth-order valence-electron chi connectivity index (χ4n) is 2.55. The molecule has 0 amide bonds. The highest BCUT2D eigenvalue weighted by Crippen LogP contribution is 2.29. The van der Waals surface area contributed by atoms with Crippen molar-refractivity contribution in [1.29, 1.82) is 0 Å². The van der Waals surface area contributed by atoms with Gasteiger partial charge in [0.15, 0.2) is 5.82 Å². The zero-order valence-corrected chi connectivity index (χ0v) is 13.0. The summed E-state index contributed by atoms with van der Waals surface area (Å²) in [7, 11) is 0. The fraction of sp³-hybridized carbons (Fsp3) is 0.412. The Balaban J connectivity index is 1.79. The summed E-state index contributed by atoms with van der Waals surface area (Å²) < 4.78 is 5.67. The molecule has 1 aliphatic carbocycles. The predicted molar refractivity (Wildman–Crippen MR) is 84.9 cm³/mol. The summed E-state index contributed by atoms with van der Waals surface area (Å²) in [5, 5.41) is 0.607. The van der Waals surface area contributed by atoms with Gasteiger partial charge in [0.2, 0.25) is 0 Å². The Morgan fingerprint density at radius 1 is 1.14 bits per heavy atom. The standard InChI is InChI=1S/C17H19ClN2O/c1-2-3-11-21-13-9-7-12(8-10-13)17-19-15-6-4-5-14(15)16(18)20-17/h7-10H,2-6,11H2,1H3. The average Bonchev–Trinajstić information content (AvgIpc) is 2.97. The number of rotatable bonds is 5. The Bertz CT molecular complexity index is 625. The lowest BCUT2D eigenvalue weighted by Crippen LogP contribution is -1.98. The minimum Gasteiger partial charge on any atom is -0.494 e. The molecule has 0 radical (unpaired) electrons. The summed E-state index contributed by atoms with van der Waals surface area (Å²) in [6.07, 6.45) is 5.34. The molecule has 1 heterocycles. The molecule has 0 saturated carbocycles. The van der Waals surface area contributed by atoms with Crippen LogP contribution in [-0.2, 0) is 12.8 Å². The lowest BCUT2D eigenvalue weighted by Gasteiger charge is -2.08. The van der Waals surface area contributed by atoms with Crippen molar-refractivity contribution in [2.75, 3.05) is 6.61 Å². The van der Waals surface area contributed by atoms with Crippen molar-refractivity contribution >= 4 is 11.6 Å². The Labute approximate surface area is 130 Å². The number of halogens is 1. The van der Waals surface area contributed by atoms with Crippen LogP contribution in [0.15, 0.2) is 24.3 Å². The summed E-state index contributed by atoms with van der Waals surface area (Å²) in [4.78, 5) is 9.09. The molecule has 1 aromatic carbocycles. The molecule has 1 aliphatic rings. The van der Waals surface area contributed by atoms with Crippen LogP contribution in [0.3, 0.4) is 0 Å². The second-order valence-corrected chi connectivity index (χ2v) is 5.70. The normalized spacial score (nSPS) is 13.2. The van der Waals surface area contributed by atoms with Crippen molar-refractivity contribution in [3.05, 3.63) is 40.7 Å². The van der Waals surface area contributed by atoms with Crippen molar-refractivity contribution in [1.82, 2.24) is 9.97 Å². The molecule has 0 fully saturated rings. The molecule has 4 heteroatoms. The van der Waals surface area contributed by atoms with Crippen LogP contribution in [0.5, 0.6) is 5.75 Å². The SMILES string of the molecule is CCCCOc1ccc(-c2nc(Cl)c3c(n2)CCC3)cc1. The second-order valence-electron chi connectivity index (χ2n) is 5.34. The maximum absolute atomic E-state index is 6.26. The molecule has 0 spiro atoms. The van der Waals surface area contributed by atoms with Gasteiger partial charge in [-0.15, -0.1) is 0 Å². The molecular formula is C17H19ClN2O. The Hall–Kier alpha value is -1.61. The number of ether oxygens (including phenoxy) is 1. The van der Waals surface area contributed by atoms with Gasteiger partial charge in [-0.1, -0.05) is 24.9 Å². The van der Waals surface area contributed by atoms with Gasteiger partial charge in [0, 0.05) is 16.8 Å². The number of aryl methyl sites for hydroxylation is 1. The zero-order chi connectivity index (χ0) is 14.7. The maximum atomic E-state index is 6.26. The van der Waals surface area contributed by atoms with E-state index in [1.165, 1.54) is 0 Å². The van der Waals surface area contributed by atoms with Crippen molar-refractivity contribution in [3.63, 3.8) is 0 Å². The van der Waals surface area contributed by atoms with Crippen LogP contribution in [0, 0.1) is 0 Å². The largest absolute Gasteiger partial charge is 0.494 e. The van der Waals surface area contributed by atoms with E-state index in [4.69, 9.17) is 16.3 Å². The molecule has 0 bridgehead atoms. The first-order valence-corrected chi connectivity index (χ1v) is 7.94. The van der Waals surface area contributed by atoms with E-state index < -0.39 is 0 Å². The first-order valence-electron chi connectivity index (χ1n) is 7.56. The molecule has 1 aromatic heterocycles. The third-order valence-corrected chi connectivity index (χ3v) is 4.07. The number of unbranched alkanes of at least 4 members (excludes halogenated alkanes) is 1. The Morgan fingerprint density at radius 2 is 1.95 bits per heavy atom. The first-order chi connectivity index (χ1) is 10.3. The van der Waals surface area contributed by atoms with Gasteiger partial charge >= 0.3 is 0 Å². The summed E-state index contributed by atoms with van der Waals surface area (Å²) in [6, 6.07) is 7.92. The van der Waals surface area contributed by atoms with Gasteiger partial charge in [-0.05, 0) is 49.9 Å². The van der Waals surface area contributed by atoms with Crippen LogP contribution in [-0.4, -0.2) is 16.6 Å². The van der Waals surface area contributed by atoms with Gasteiger partial charge in [-0.25, -0.2) is 9.97 Å². The number of nitrogens with zero attached hydrogens (tertiary/aromatic N) is 2. The molecule has 0 atom stereocenters. The van der Waals surface area contributed by atoms with E-state index in [2.05, 4.69) is 16.9 Å². The lowest BCUT2D eigenvalue weighted by atomic mass is 10.2. The quantitative estimate of drug-likeness (QED) is 0.604. The average molecular weight is 303 g/mol. The highest BCUT2D eigenvalue weighted by atomic mass is 35.5.